The van der Waals surface area contributed by atoms with E-state index in [-0.39, 0.29) is 0 Å². The summed E-state index contributed by atoms with van der Waals surface area (Å²) in [6.45, 7) is 4.13. The van der Waals surface area contributed by atoms with Crippen LogP contribution in [0.1, 0.15) is 45.4 Å². The van der Waals surface area contributed by atoms with Gasteiger partial charge in [0.2, 0.25) is 0 Å². The molecule has 2 aliphatic rings. The molecule has 0 aromatic carbocycles. The fourth-order valence-electron chi connectivity index (χ4n) is 3.55. The van der Waals surface area contributed by atoms with E-state index in [2.05, 4.69) is 11.8 Å². The van der Waals surface area contributed by atoms with Crippen LogP contribution in [0.4, 0.5) is 0 Å². The minimum Gasteiger partial charge on any atom is -0.383 e. The topological polar surface area (TPSA) is 29.5 Å². The molecule has 0 amide bonds. The van der Waals surface area contributed by atoms with Crippen molar-refractivity contribution in [2.75, 3.05) is 20.3 Å². The van der Waals surface area contributed by atoms with Crippen molar-refractivity contribution in [3.63, 3.8) is 0 Å². The van der Waals surface area contributed by atoms with Gasteiger partial charge in [0, 0.05) is 31.5 Å². The quantitative estimate of drug-likeness (QED) is 0.753. The number of hydrogen-bond acceptors (Lipinski definition) is 3. The van der Waals surface area contributed by atoms with Crippen LogP contribution in [0.25, 0.3) is 0 Å². The molecule has 3 atom stereocenters. The average Bonchev–Trinajstić information content (AvgIpc) is 2.79. The lowest BCUT2D eigenvalue weighted by atomic mass is 9.81. The zero-order valence-electron chi connectivity index (χ0n) is 11.2. The number of hydrogen-bond donors (Lipinski definition) is 0. The molecule has 1 heterocycles. The number of likely N-dealkylation sites (tertiary alicyclic amines) is 1. The van der Waals surface area contributed by atoms with Gasteiger partial charge in [-0.25, -0.2) is 0 Å². The smallest absolute Gasteiger partial charge is 0.137 e. The summed E-state index contributed by atoms with van der Waals surface area (Å²) in [7, 11) is 1.76. The van der Waals surface area contributed by atoms with E-state index in [0.717, 1.165) is 32.4 Å². The largest absolute Gasteiger partial charge is 0.383 e. The Bertz CT molecular complexity index is 267. The van der Waals surface area contributed by atoms with Crippen molar-refractivity contribution >= 4 is 5.78 Å². The van der Waals surface area contributed by atoms with E-state index in [1.807, 2.05) is 0 Å². The third kappa shape index (κ3) is 2.89. The van der Waals surface area contributed by atoms with E-state index < -0.39 is 0 Å². The Hall–Kier alpha value is -0.410. The first-order chi connectivity index (χ1) is 8.24. The summed E-state index contributed by atoms with van der Waals surface area (Å²) >= 11 is 0. The normalized spacial score (nSPS) is 32.9. The molecule has 17 heavy (non-hydrogen) atoms. The highest BCUT2D eigenvalue weighted by molar-refractivity contribution is 5.82. The number of methoxy groups -OCH3 is 1. The average molecular weight is 239 g/mol. The summed E-state index contributed by atoms with van der Waals surface area (Å²) in [5.41, 5.74) is 0. The first-order valence-electron chi connectivity index (χ1n) is 7.01. The van der Waals surface area contributed by atoms with Gasteiger partial charge < -0.3 is 4.74 Å². The lowest BCUT2D eigenvalue weighted by Crippen LogP contribution is -2.46. The van der Waals surface area contributed by atoms with Gasteiger partial charge in [-0.05, 0) is 39.2 Å². The predicted octanol–water partition coefficient (Wildman–Crippen LogP) is 2.25. The summed E-state index contributed by atoms with van der Waals surface area (Å²) in [4.78, 5) is 14.6. The van der Waals surface area contributed by atoms with E-state index in [4.69, 9.17) is 4.74 Å². The monoisotopic (exact) mass is 239 g/mol. The molecule has 0 radical (unpaired) electrons. The Labute approximate surface area is 105 Å². The molecule has 1 saturated carbocycles. The molecule has 2 rings (SSSR count). The fraction of sp³-hybridized carbons (Fsp3) is 0.929. The summed E-state index contributed by atoms with van der Waals surface area (Å²) in [5.74, 6) is 0.823. The van der Waals surface area contributed by atoms with Gasteiger partial charge in [0.15, 0.2) is 0 Å². The van der Waals surface area contributed by atoms with Gasteiger partial charge in [-0.2, -0.15) is 0 Å². The molecule has 0 N–H and O–H groups in total. The Morgan fingerprint density at radius 1 is 1.35 bits per heavy atom. The van der Waals surface area contributed by atoms with Crippen molar-refractivity contribution in [1.29, 1.82) is 0 Å². The summed E-state index contributed by atoms with van der Waals surface area (Å²) < 4.78 is 5.25. The van der Waals surface area contributed by atoms with Crippen molar-refractivity contribution in [2.24, 2.45) is 5.92 Å². The van der Waals surface area contributed by atoms with Crippen LogP contribution in [-0.4, -0.2) is 43.0 Å². The molecule has 1 aliphatic carbocycles. The molecular weight excluding hydrogens is 214 g/mol. The van der Waals surface area contributed by atoms with Gasteiger partial charge in [-0.3, -0.25) is 9.69 Å². The Morgan fingerprint density at radius 3 is 2.88 bits per heavy atom. The summed E-state index contributed by atoms with van der Waals surface area (Å²) in [6.07, 6.45) is 6.70. The number of carbonyl (C=O) groups excluding carboxylic acids is 1. The fourth-order valence-corrected chi connectivity index (χ4v) is 3.55. The maximum Gasteiger partial charge on any atom is 0.137 e. The second-order valence-corrected chi connectivity index (χ2v) is 5.57. The molecule has 1 aliphatic heterocycles. The second-order valence-electron chi connectivity index (χ2n) is 5.57. The minimum absolute atomic E-state index is 0.311. The van der Waals surface area contributed by atoms with Gasteiger partial charge >= 0.3 is 0 Å². The lowest BCUT2D eigenvalue weighted by Gasteiger charge is -2.36. The van der Waals surface area contributed by atoms with Crippen molar-refractivity contribution in [3.05, 3.63) is 0 Å². The number of carbonyl (C=O) groups is 1. The lowest BCUT2D eigenvalue weighted by molar-refractivity contribution is -0.127. The highest BCUT2D eigenvalue weighted by Gasteiger charge is 2.38. The predicted molar refractivity (Wildman–Crippen MR) is 68.0 cm³/mol. The molecule has 0 aromatic rings. The van der Waals surface area contributed by atoms with E-state index in [0.29, 0.717) is 23.8 Å². The van der Waals surface area contributed by atoms with Crippen LogP contribution in [0, 0.1) is 5.92 Å². The number of rotatable bonds is 4. The number of ketones is 1. The van der Waals surface area contributed by atoms with Crippen LogP contribution in [0.5, 0.6) is 0 Å². The molecule has 3 heteroatoms. The van der Waals surface area contributed by atoms with Gasteiger partial charge in [-0.1, -0.05) is 6.42 Å². The zero-order valence-corrected chi connectivity index (χ0v) is 11.2. The van der Waals surface area contributed by atoms with Gasteiger partial charge in [-0.15, -0.1) is 0 Å². The molecule has 0 spiro atoms. The third-order valence-electron chi connectivity index (χ3n) is 4.38. The van der Waals surface area contributed by atoms with Gasteiger partial charge in [0.25, 0.3) is 0 Å². The first kappa shape index (κ1) is 13.0. The number of Topliss-reactive ketones (excluding diaryl/α,β-unsaturated/α-hetero) is 1. The minimum atomic E-state index is 0.311. The van der Waals surface area contributed by atoms with Crippen LogP contribution in [0.3, 0.4) is 0 Å². The Balaban J connectivity index is 2.00. The molecule has 3 unspecified atom stereocenters. The molecule has 2 fully saturated rings. The van der Waals surface area contributed by atoms with Crippen molar-refractivity contribution in [3.8, 4) is 0 Å². The van der Waals surface area contributed by atoms with Crippen molar-refractivity contribution in [1.82, 2.24) is 4.90 Å². The van der Waals surface area contributed by atoms with Crippen LogP contribution >= 0.6 is 0 Å². The maximum absolute atomic E-state index is 12.0. The van der Waals surface area contributed by atoms with E-state index >= 15 is 0 Å². The highest BCUT2D eigenvalue weighted by atomic mass is 16.5. The molecule has 3 nitrogen and oxygen atoms in total. The van der Waals surface area contributed by atoms with Crippen LogP contribution in [0.15, 0.2) is 0 Å². The number of nitrogens with zero attached hydrogens (tertiary/aromatic N) is 1. The Morgan fingerprint density at radius 2 is 2.18 bits per heavy atom. The summed E-state index contributed by atoms with van der Waals surface area (Å²) in [6, 6.07) is 0.940. The van der Waals surface area contributed by atoms with E-state index in [1.54, 1.807) is 7.11 Å². The highest BCUT2D eigenvalue weighted by Crippen LogP contribution is 2.33. The second kappa shape index (κ2) is 5.96. The standard InChI is InChI=1S/C14H25NO2/c1-11(10-17-2)15-9-5-7-13(15)12-6-3-4-8-14(12)16/h11-13H,3-10H2,1-2H3. The van der Waals surface area contributed by atoms with E-state index in [1.165, 1.54) is 19.3 Å². The summed E-state index contributed by atoms with van der Waals surface area (Å²) in [5, 5.41) is 0. The molecule has 0 aromatic heterocycles. The van der Waals surface area contributed by atoms with Crippen LogP contribution < -0.4 is 0 Å². The number of ether oxygens (including phenoxy) is 1. The van der Waals surface area contributed by atoms with E-state index in [9.17, 15) is 4.79 Å². The SMILES string of the molecule is COCC(C)N1CCCC1C1CCCCC1=O. The third-order valence-corrected chi connectivity index (χ3v) is 4.38. The van der Waals surface area contributed by atoms with Gasteiger partial charge in [0.1, 0.15) is 5.78 Å². The van der Waals surface area contributed by atoms with Crippen molar-refractivity contribution in [2.45, 2.75) is 57.5 Å². The van der Waals surface area contributed by atoms with Gasteiger partial charge in [0.05, 0.1) is 6.61 Å². The molecule has 1 saturated heterocycles. The molecule has 98 valence electrons. The van der Waals surface area contributed by atoms with Crippen LogP contribution in [0.2, 0.25) is 0 Å². The zero-order chi connectivity index (χ0) is 12.3. The first-order valence-corrected chi connectivity index (χ1v) is 7.01. The van der Waals surface area contributed by atoms with Crippen molar-refractivity contribution < 1.29 is 9.53 Å². The molecule has 0 bridgehead atoms. The van der Waals surface area contributed by atoms with Crippen LogP contribution in [-0.2, 0) is 9.53 Å². The maximum atomic E-state index is 12.0. The Kier molecular flexibility index (Phi) is 4.57. The molecular formula is C14H25NO2.